The fraction of sp³-hybridized carbons (Fsp3) is 0.400. The molecule has 0 spiro atoms. The Morgan fingerprint density at radius 2 is 2.11 bits per heavy atom. The van der Waals surface area contributed by atoms with Crippen molar-refractivity contribution in [1.29, 1.82) is 0 Å². The van der Waals surface area contributed by atoms with Crippen LogP contribution in [0.5, 0.6) is 0 Å². The van der Waals surface area contributed by atoms with Crippen molar-refractivity contribution >= 4 is 28.5 Å². The van der Waals surface area contributed by atoms with Crippen molar-refractivity contribution in [3.63, 3.8) is 0 Å². The van der Waals surface area contributed by atoms with Gasteiger partial charge in [0.05, 0.1) is 28.5 Å². The van der Waals surface area contributed by atoms with Gasteiger partial charge in [-0.15, -0.1) is 0 Å². The minimum Gasteiger partial charge on any atom is -0.384 e. The lowest BCUT2D eigenvalue weighted by molar-refractivity contribution is 0.102. The average Bonchev–Trinajstić information content (AvgIpc) is 3.38. The number of fused-ring (bicyclic) bond motifs is 1. The van der Waals surface area contributed by atoms with Gasteiger partial charge in [0, 0.05) is 11.6 Å². The van der Waals surface area contributed by atoms with E-state index in [-0.39, 0.29) is 11.3 Å². The molecular formula is C20H23N5O2. The number of anilines is 2. The highest BCUT2D eigenvalue weighted by Crippen LogP contribution is 2.41. The van der Waals surface area contributed by atoms with Gasteiger partial charge in [0.15, 0.2) is 0 Å². The maximum absolute atomic E-state index is 13.1. The standard InChI is InChI=1S/C20H23N5O2/c1-20(2,3)9-15-17-13(18(26)23-12-6-7-16(21)22-10-12)8-14(11-4-5-11)24-19(17)27-25-15/h6-8,10-11H,4-5,9H2,1-3H3,(H2,21,22)(H,23,26). The van der Waals surface area contributed by atoms with Crippen LogP contribution in [0.3, 0.4) is 0 Å². The predicted molar refractivity (Wildman–Crippen MR) is 104 cm³/mol. The molecule has 3 aromatic heterocycles. The van der Waals surface area contributed by atoms with Gasteiger partial charge < -0.3 is 15.6 Å². The van der Waals surface area contributed by atoms with Gasteiger partial charge in [0.25, 0.3) is 11.6 Å². The summed E-state index contributed by atoms with van der Waals surface area (Å²) in [6.45, 7) is 6.37. The van der Waals surface area contributed by atoms with Crippen LogP contribution in [0.25, 0.3) is 11.1 Å². The predicted octanol–water partition coefficient (Wildman–Crippen LogP) is 3.92. The van der Waals surface area contributed by atoms with Crippen LogP contribution < -0.4 is 11.1 Å². The van der Waals surface area contributed by atoms with Crippen LogP contribution in [0.15, 0.2) is 28.9 Å². The maximum Gasteiger partial charge on any atom is 0.259 e. The Hall–Kier alpha value is -2.96. The quantitative estimate of drug-likeness (QED) is 0.726. The molecule has 0 atom stereocenters. The topological polar surface area (TPSA) is 107 Å². The number of rotatable bonds is 4. The molecule has 0 bridgehead atoms. The van der Waals surface area contributed by atoms with E-state index in [9.17, 15) is 4.79 Å². The van der Waals surface area contributed by atoms with Crippen molar-refractivity contribution in [1.82, 2.24) is 15.1 Å². The number of nitrogens with two attached hydrogens (primary N) is 1. The largest absolute Gasteiger partial charge is 0.384 e. The molecule has 1 amide bonds. The fourth-order valence-electron chi connectivity index (χ4n) is 3.10. The smallest absolute Gasteiger partial charge is 0.259 e. The molecule has 1 aliphatic rings. The zero-order valence-corrected chi connectivity index (χ0v) is 15.7. The molecule has 3 aromatic rings. The summed E-state index contributed by atoms with van der Waals surface area (Å²) in [5, 5.41) is 7.80. The Bertz CT molecular complexity index is 998. The van der Waals surface area contributed by atoms with E-state index in [1.807, 2.05) is 6.07 Å². The molecule has 0 aliphatic heterocycles. The lowest BCUT2D eigenvalue weighted by atomic mass is 9.89. The monoisotopic (exact) mass is 365 g/mol. The van der Waals surface area contributed by atoms with Crippen LogP contribution in [0.2, 0.25) is 0 Å². The molecule has 1 saturated carbocycles. The highest BCUT2D eigenvalue weighted by atomic mass is 16.5. The number of hydrogen-bond acceptors (Lipinski definition) is 6. The Morgan fingerprint density at radius 1 is 1.33 bits per heavy atom. The summed E-state index contributed by atoms with van der Waals surface area (Å²) >= 11 is 0. The van der Waals surface area contributed by atoms with Crippen molar-refractivity contribution in [3.8, 4) is 0 Å². The van der Waals surface area contributed by atoms with E-state index < -0.39 is 0 Å². The third-order valence-corrected chi connectivity index (χ3v) is 4.52. The highest BCUT2D eigenvalue weighted by Gasteiger charge is 2.30. The van der Waals surface area contributed by atoms with Crippen LogP contribution >= 0.6 is 0 Å². The first-order chi connectivity index (χ1) is 12.8. The molecule has 3 N–H and O–H groups in total. The second-order valence-electron chi connectivity index (χ2n) is 8.34. The third-order valence-electron chi connectivity index (χ3n) is 4.52. The Balaban J connectivity index is 1.77. The normalized spacial score (nSPS) is 14.5. The molecule has 1 aliphatic carbocycles. The number of nitrogens with one attached hydrogen (secondary N) is 1. The van der Waals surface area contributed by atoms with Crippen LogP contribution in [0.4, 0.5) is 11.5 Å². The average molecular weight is 365 g/mol. The summed E-state index contributed by atoms with van der Waals surface area (Å²) < 4.78 is 5.50. The van der Waals surface area contributed by atoms with Gasteiger partial charge >= 0.3 is 0 Å². The number of amides is 1. The number of carbonyl (C=O) groups is 1. The summed E-state index contributed by atoms with van der Waals surface area (Å²) in [6, 6.07) is 5.26. The van der Waals surface area contributed by atoms with Gasteiger partial charge in [-0.2, -0.15) is 0 Å². The molecular weight excluding hydrogens is 342 g/mol. The van der Waals surface area contributed by atoms with E-state index in [0.29, 0.717) is 40.5 Å². The van der Waals surface area contributed by atoms with Crippen molar-refractivity contribution in [2.75, 3.05) is 11.1 Å². The van der Waals surface area contributed by atoms with Gasteiger partial charge in [0.2, 0.25) is 0 Å². The second-order valence-corrected chi connectivity index (χ2v) is 8.34. The number of aromatic nitrogens is 3. The summed E-state index contributed by atoms with van der Waals surface area (Å²) in [5.41, 5.74) is 8.83. The van der Waals surface area contributed by atoms with Crippen LogP contribution in [-0.4, -0.2) is 21.0 Å². The molecule has 7 nitrogen and oxygen atoms in total. The molecule has 4 rings (SSSR count). The molecule has 0 aromatic carbocycles. The minimum absolute atomic E-state index is 0.00753. The SMILES string of the molecule is CC(C)(C)Cc1noc2nc(C3CC3)cc(C(=O)Nc3ccc(N)nc3)c12. The van der Waals surface area contributed by atoms with E-state index in [4.69, 9.17) is 10.3 Å². The second kappa shape index (κ2) is 6.33. The van der Waals surface area contributed by atoms with Gasteiger partial charge in [-0.25, -0.2) is 9.97 Å². The summed E-state index contributed by atoms with van der Waals surface area (Å²) in [7, 11) is 0. The molecule has 0 unspecified atom stereocenters. The zero-order valence-electron chi connectivity index (χ0n) is 15.7. The lowest BCUT2D eigenvalue weighted by Gasteiger charge is -2.16. The van der Waals surface area contributed by atoms with E-state index in [1.165, 1.54) is 6.20 Å². The van der Waals surface area contributed by atoms with Crippen LogP contribution in [0, 0.1) is 5.41 Å². The van der Waals surface area contributed by atoms with Crippen LogP contribution in [0.1, 0.15) is 61.3 Å². The minimum atomic E-state index is -0.228. The molecule has 1 fully saturated rings. The van der Waals surface area contributed by atoms with Crippen molar-refractivity contribution in [2.45, 2.75) is 46.0 Å². The van der Waals surface area contributed by atoms with Gasteiger partial charge in [0.1, 0.15) is 5.82 Å². The van der Waals surface area contributed by atoms with E-state index in [1.54, 1.807) is 12.1 Å². The first-order valence-corrected chi connectivity index (χ1v) is 9.12. The molecule has 0 saturated heterocycles. The van der Waals surface area contributed by atoms with E-state index >= 15 is 0 Å². The first-order valence-electron chi connectivity index (χ1n) is 9.12. The van der Waals surface area contributed by atoms with E-state index in [0.717, 1.165) is 24.2 Å². The first kappa shape index (κ1) is 17.5. The van der Waals surface area contributed by atoms with Gasteiger partial charge in [-0.05, 0) is 42.9 Å². The van der Waals surface area contributed by atoms with E-state index in [2.05, 4.69) is 41.2 Å². The zero-order chi connectivity index (χ0) is 19.2. The number of nitrogen functional groups attached to an aromatic ring is 1. The van der Waals surface area contributed by atoms with Crippen LogP contribution in [-0.2, 0) is 6.42 Å². The number of nitrogens with zero attached hydrogens (tertiary/aromatic N) is 3. The Labute approximate surface area is 157 Å². The molecule has 27 heavy (non-hydrogen) atoms. The molecule has 0 radical (unpaired) electrons. The van der Waals surface area contributed by atoms with Crippen molar-refractivity contribution in [2.24, 2.45) is 5.41 Å². The maximum atomic E-state index is 13.1. The van der Waals surface area contributed by atoms with Gasteiger partial charge in [-0.1, -0.05) is 25.9 Å². The Morgan fingerprint density at radius 3 is 2.74 bits per heavy atom. The lowest BCUT2D eigenvalue weighted by Crippen LogP contribution is -2.15. The summed E-state index contributed by atoms with van der Waals surface area (Å²) in [6.07, 6.45) is 4.40. The van der Waals surface area contributed by atoms with Crippen molar-refractivity contribution in [3.05, 3.63) is 41.3 Å². The number of hydrogen-bond donors (Lipinski definition) is 2. The Kier molecular flexibility index (Phi) is 4.09. The molecule has 3 heterocycles. The van der Waals surface area contributed by atoms with Crippen molar-refractivity contribution < 1.29 is 9.32 Å². The number of pyridine rings is 2. The number of carbonyl (C=O) groups excluding carboxylic acids is 1. The summed E-state index contributed by atoms with van der Waals surface area (Å²) in [4.78, 5) is 21.7. The summed E-state index contributed by atoms with van der Waals surface area (Å²) in [5.74, 6) is 0.575. The fourth-order valence-corrected chi connectivity index (χ4v) is 3.10. The molecule has 7 heteroatoms. The molecule has 140 valence electrons. The van der Waals surface area contributed by atoms with Gasteiger partial charge in [-0.3, -0.25) is 4.79 Å². The highest BCUT2D eigenvalue weighted by molar-refractivity contribution is 6.12. The third kappa shape index (κ3) is 3.77.